The summed E-state index contributed by atoms with van der Waals surface area (Å²) < 4.78 is 5.21. The number of carbonyl (C=O) groups is 1. The van der Waals surface area contributed by atoms with Crippen LogP contribution in [0.4, 0.5) is 0 Å². The third-order valence-corrected chi connectivity index (χ3v) is 3.11. The standard InChI is InChI=1S/C10H19N3O2/c11-5-8-6-15-7-10(14)13(8)9-3-1-2-4-12-9/h8-9,12H,1-7,11H2. The Hall–Kier alpha value is -0.650. The fourth-order valence-electron chi connectivity index (χ4n) is 2.32. The second kappa shape index (κ2) is 4.92. The maximum Gasteiger partial charge on any atom is 0.250 e. The van der Waals surface area contributed by atoms with Crippen molar-refractivity contribution in [3.05, 3.63) is 0 Å². The van der Waals surface area contributed by atoms with E-state index in [9.17, 15) is 4.79 Å². The van der Waals surface area contributed by atoms with Crippen molar-refractivity contribution in [1.82, 2.24) is 10.2 Å². The van der Waals surface area contributed by atoms with E-state index in [-0.39, 0.29) is 24.7 Å². The van der Waals surface area contributed by atoms with Crippen molar-refractivity contribution in [2.75, 3.05) is 26.3 Å². The number of hydrogen-bond donors (Lipinski definition) is 2. The van der Waals surface area contributed by atoms with E-state index in [1.165, 1.54) is 12.8 Å². The van der Waals surface area contributed by atoms with Gasteiger partial charge in [0.25, 0.3) is 0 Å². The average molecular weight is 213 g/mol. The smallest absolute Gasteiger partial charge is 0.250 e. The number of rotatable bonds is 2. The summed E-state index contributed by atoms with van der Waals surface area (Å²) in [5, 5.41) is 3.38. The minimum absolute atomic E-state index is 0.0434. The molecule has 2 unspecified atom stereocenters. The van der Waals surface area contributed by atoms with Crippen molar-refractivity contribution >= 4 is 5.91 Å². The lowest BCUT2D eigenvalue weighted by Gasteiger charge is -2.42. The number of carbonyl (C=O) groups excluding carboxylic acids is 1. The molecule has 0 aliphatic carbocycles. The molecule has 0 radical (unpaired) electrons. The summed E-state index contributed by atoms with van der Waals surface area (Å²) in [4.78, 5) is 13.7. The summed E-state index contributed by atoms with van der Waals surface area (Å²) in [6, 6.07) is 0.0434. The van der Waals surface area contributed by atoms with Crippen molar-refractivity contribution in [1.29, 1.82) is 0 Å². The van der Waals surface area contributed by atoms with Crippen LogP contribution in [0.25, 0.3) is 0 Å². The van der Waals surface area contributed by atoms with Crippen molar-refractivity contribution in [2.45, 2.75) is 31.5 Å². The molecule has 0 bridgehead atoms. The normalized spacial score (nSPS) is 33.1. The lowest BCUT2D eigenvalue weighted by atomic mass is 10.1. The van der Waals surface area contributed by atoms with Crippen LogP contribution in [0.2, 0.25) is 0 Å². The maximum atomic E-state index is 11.8. The number of amides is 1. The predicted octanol–water partition coefficient (Wildman–Crippen LogP) is -0.728. The van der Waals surface area contributed by atoms with Gasteiger partial charge in [-0.25, -0.2) is 0 Å². The van der Waals surface area contributed by atoms with Gasteiger partial charge in [-0.15, -0.1) is 0 Å². The molecule has 5 heteroatoms. The van der Waals surface area contributed by atoms with Gasteiger partial charge in [0.15, 0.2) is 0 Å². The Morgan fingerprint density at radius 3 is 3.07 bits per heavy atom. The number of nitrogens with two attached hydrogens (primary N) is 1. The van der Waals surface area contributed by atoms with Gasteiger partial charge in [-0.05, 0) is 25.8 Å². The minimum atomic E-state index is 0.0434. The van der Waals surface area contributed by atoms with Crippen molar-refractivity contribution in [2.24, 2.45) is 5.73 Å². The summed E-state index contributed by atoms with van der Waals surface area (Å²) >= 11 is 0. The van der Waals surface area contributed by atoms with Crippen LogP contribution in [0.15, 0.2) is 0 Å². The summed E-state index contributed by atoms with van der Waals surface area (Å²) in [5.41, 5.74) is 5.66. The highest BCUT2D eigenvalue weighted by Crippen LogP contribution is 2.17. The Bertz CT molecular complexity index is 229. The number of piperidine rings is 1. The molecular weight excluding hydrogens is 194 g/mol. The molecule has 0 spiro atoms. The molecule has 2 fully saturated rings. The third-order valence-electron chi connectivity index (χ3n) is 3.11. The zero-order chi connectivity index (χ0) is 10.7. The Kier molecular flexibility index (Phi) is 3.56. The van der Waals surface area contributed by atoms with E-state index in [1.54, 1.807) is 0 Å². The van der Waals surface area contributed by atoms with E-state index in [0.717, 1.165) is 13.0 Å². The van der Waals surface area contributed by atoms with Crippen LogP contribution < -0.4 is 11.1 Å². The monoisotopic (exact) mass is 213 g/mol. The summed E-state index contributed by atoms with van der Waals surface area (Å²) in [5.74, 6) is 0.0658. The molecule has 2 aliphatic heterocycles. The van der Waals surface area contributed by atoms with Gasteiger partial charge in [0.05, 0.1) is 18.8 Å². The Morgan fingerprint density at radius 2 is 2.40 bits per heavy atom. The van der Waals surface area contributed by atoms with Crippen LogP contribution in [0.3, 0.4) is 0 Å². The fourth-order valence-corrected chi connectivity index (χ4v) is 2.32. The molecule has 0 saturated carbocycles. The van der Waals surface area contributed by atoms with Crippen LogP contribution in [0.1, 0.15) is 19.3 Å². The van der Waals surface area contributed by atoms with Crippen LogP contribution >= 0.6 is 0 Å². The first-order valence-electron chi connectivity index (χ1n) is 5.65. The second-order valence-corrected chi connectivity index (χ2v) is 4.17. The van der Waals surface area contributed by atoms with Crippen LogP contribution in [0.5, 0.6) is 0 Å². The summed E-state index contributed by atoms with van der Waals surface area (Å²) in [7, 11) is 0. The highest BCUT2D eigenvalue weighted by molar-refractivity contribution is 5.78. The first-order valence-corrected chi connectivity index (χ1v) is 5.65. The average Bonchev–Trinajstić information content (AvgIpc) is 2.29. The first kappa shape index (κ1) is 10.9. The zero-order valence-electron chi connectivity index (χ0n) is 8.95. The largest absolute Gasteiger partial charge is 0.369 e. The zero-order valence-corrected chi connectivity index (χ0v) is 8.95. The quantitative estimate of drug-likeness (QED) is 0.635. The number of nitrogens with one attached hydrogen (secondary N) is 1. The van der Waals surface area contributed by atoms with E-state index >= 15 is 0 Å². The number of nitrogens with zero attached hydrogens (tertiary/aromatic N) is 1. The van der Waals surface area contributed by atoms with Gasteiger partial charge < -0.3 is 15.4 Å². The fraction of sp³-hybridized carbons (Fsp3) is 0.900. The van der Waals surface area contributed by atoms with E-state index in [0.29, 0.717) is 13.2 Å². The second-order valence-electron chi connectivity index (χ2n) is 4.17. The van der Waals surface area contributed by atoms with Gasteiger partial charge in [-0.2, -0.15) is 0 Å². The molecule has 2 atom stereocenters. The molecule has 2 heterocycles. The molecule has 0 aromatic carbocycles. The highest BCUT2D eigenvalue weighted by Gasteiger charge is 2.33. The first-order chi connectivity index (χ1) is 7.33. The van der Waals surface area contributed by atoms with Crippen LogP contribution in [-0.4, -0.2) is 49.3 Å². The summed E-state index contributed by atoms with van der Waals surface area (Å²) in [6.07, 6.45) is 3.58. The maximum absolute atomic E-state index is 11.8. The van der Waals surface area contributed by atoms with Gasteiger partial charge >= 0.3 is 0 Å². The van der Waals surface area contributed by atoms with Gasteiger partial charge in [0.1, 0.15) is 6.61 Å². The Labute approximate surface area is 89.9 Å². The Morgan fingerprint density at radius 1 is 1.53 bits per heavy atom. The molecule has 15 heavy (non-hydrogen) atoms. The molecule has 2 aliphatic rings. The molecule has 5 nitrogen and oxygen atoms in total. The summed E-state index contributed by atoms with van der Waals surface area (Å²) in [6.45, 7) is 2.24. The van der Waals surface area contributed by atoms with E-state index < -0.39 is 0 Å². The minimum Gasteiger partial charge on any atom is -0.369 e. The van der Waals surface area contributed by atoms with Crippen molar-refractivity contribution in [3.8, 4) is 0 Å². The van der Waals surface area contributed by atoms with Crippen LogP contribution in [0, 0.1) is 0 Å². The van der Waals surface area contributed by atoms with Gasteiger partial charge in [-0.3, -0.25) is 10.1 Å². The van der Waals surface area contributed by atoms with Crippen molar-refractivity contribution in [3.63, 3.8) is 0 Å². The third kappa shape index (κ3) is 2.30. The highest BCUT2D eigenvalue weighted by atomic mass is 16.5. The lowest BCUT2D eigenvalue weighted by Crippen LogP contribution is -2.61. The van der Waals surface area contributed by atoms with Crippen LogP contribution in [-0.2, 0) is 9.53 Å². The molecule has 0 aromatic heterocycles. The number of hydrogen-bond acceptors (Lipinski definition) is 4. The SMILES string of the molecule is NCC1COCC(=O)N1C1CCCCN1. The van der Waals surface area contributed by atoms with E-state index in [2.05, 4.69) is 5.32 Å². The molecule has 3 N–H and O–H groups in total. The number of morpholine rings is 1. The predicted molar refractivity (Wildman–Crippen MR) is 56.1 cm³/mol. The molecule has 0 aromatic rings. The molecule has 86 valence electrons. The van der Waals surface area contributed by atoms with Gasteiger partial charge in [-0.1, -0.05) is 0 Å². The Balaban J connectivity index is 2.03. The molecule has 1 amide bonds. The topological polar surface area (TPSA) is 67.6 Å². The molecule has 2 saturated heterocycles. The number of ether oxygens (including phenoxy) is 1. The lowest BCUT2D eigenvalue weighted by molar-refractivity contribution is -0.153. The van der Waals surface area contributed by atoms with E-state index in [1.807, 2.05) is 4.90 Å². The molecular formula is C10H19N3O2. The molecule has 2 rings (SSSR count). The van der Waals surface area contributed by atoms with Gasteiger partial charge in [0.2, 0.25) is 5.91 Å². The van der Waals surface area contributed by atoms with Gasteiger partial charge in [0, 0.05) is 6.54 Å². The van der Waals surface area contributed by atoms with Crippen molar-refractivity contribution < 1.29 is 9.53 Å². The van der Waals surface area contributed by atoms with E-state index in [4.69, 9.17) is 10.5 Å².